The van der Waals surface area contributed by atoms with E-state index >= 15 is 0 Å². The van der Waals surface area contributed by atoms with Crippen molar-refractivity contribution in [2.45, 2.75) is 65.5 Å². The second-order valence-electron chi connectivity index (χ2n) is 12.6. The first-order valence-electron chi connectivity index (χ1n) is 15.7. The van der Waals surface area contributed by atoms with E-state index in [-0.39, 0.29) is 35.7 Å². The van der Waals surface area contributed by atoms with E-state index in [2.05, 4.69) is 21.9 Å². The summed E-state index contributed by atoms with van der Waals surface area (Å²) >= 11 is 7.05. The topological polar surface area (TPSA) is 113 Å². The largest absolute Gasteiger partial charge is 0.355 e. The number of para-hydroxylation sites is 1. The Balaban J connectivity index is 1.60. The van der Waals surface area contributed by atoms with Crippen molar-refractivity contribution in [1.82, 2.24) is 24.4 Å². The molecule has 1 saturated carbocycles. The lowest BCUT2D eigenvalue weighted by Crippen LogP contribution is -2.58. The Labute approximate surface area is 273 Å². The van der Waals surface area contributed by atoms with Crippen LogP contribution in [-0.4, -0.2) is 61.4 Å². The van der Waals surface area contributed by atoms with E-state index < -0.39 is 5.69 Å². The van der Waals surface area contributed by atoms with Crippen LogP contribution >= 0.6 is 11.6 Å². The van der Waals surface area contributed by atoms with Crippen LogP contribution in [0.3, 0.4) is 0 Å². The molecule has 2 atom stereocenters. The van der Waals surface area contributed by atoms with Crippen LogP contribution < -0.4 is 15.9 Å². The number of pyridine rings is 2. The van der Waals surface area contributed by atoms with E-state index in [1.807, 2.05) is 69.9 Å². The number of carbonyl (C=O) groups is 2. The Morgan fingerprint density at radius 1 is 1.09 bits per heavy atom. The minimum Gasteiger partial charge on any atom is -0.349 e. The molecule has 2 aliphatic rings. The number of halogens is 1. The molecule has 238 valence electrons. The molecular weight excluding hydrogens is 602 g/mol. The molecule has 1 aromatic carbocycles. The van der Waals surface area contributed by atoms with Crippen molar-refractivity contribution in [2.24, 2.45) is 5.92 Å². The van der Waals surface area contributed by atoms with Crippen LogP contribution in [0, 0.1) is 12.8 Å². The molecule has 2 fully saturated rings. The van der Waals surface area contributed by atoms with Crippen molar-refractivity contribution < 1.29 is 9.59 Å². The number of fused-ring (bicyclic) bond motifs is 1. The van der Waals surface area contributed by atoms with Crippen LogP contribution in [-0.2, 0) is 9.59 Å². The molecule has 1 aliphatic carbocycles. The van der Waals surface area contributed by atoms with Gasteiger partial charge in [-0.1, -0.05) is 50.2 Å². The predicted octanol–water partition coefficient (Wildman–Crippen LogP) is 5.89. The molecule has 2 unspecified atom stereocenters. The second kappa shape index (κ2) is 12.3. The zero-order valence-electron chi connectivity index (χ0n) is 26.7. The molecule has 6 rings (SSSR count). The number of piperazine rings is 1. The summed E-state index contributed by atoms with van der Waals surface area (Å²) in [6.45, 7) is 14.5. The Bertz CT molecular complexity index is 1930. The summed E-state index contributed by atoms with van der Waals surface area (Å²) in [5.41, 5.74) is 3.78. The van der Waals surface area contributed by atoms with Crippen LogP contribution in [0.4, 0.5) is 11.5 Å². The molecule has 46 heavy (non-hydrogen) atoms. The minimum atomic E-state index is -0.499. The third-order valence-electron chi connectivity index (χ3n) is 8.83. The Morgan fingerprint density at radius 3 is 2.52 bits per heavy atom. The fraction of sp³-hybridized carbons (Fsp3) is 0.371. The molecule has 3 aromatic heterocycles. The van der Waals surface area contributed by atoms with Gasteiger partial charge in [-0.05, 0) is 69.4 Å². The van der Waals surface area contributed by atoms with Gasteiger partial charge >= 0.3 is 5.69 Å². The fourth-order valence-corrected chi connectivity index (χ4v) is 6.48. The van der Waals surface area contributed by atoms with Gasteiger partial charge in [0.25, 0.3) is 0 Å². The number of nitrogens with one attached hydrogen (secondary N) is 1. The van der Waals surface area contributed by atoms with E-state index in [4.69, 9.17) is 16.6 Å². The van der Waals surface area contributed by atoms with Gasteiger partial charge in [0.1, 0.15) is 5.82 Å². The zero-order chi connectivity index (χ0) is 32.9. The SMILES string of the molecule is C=CC(=O)N1CC(C)N(c2nc(=O)n(-c3c(C)ccnc3C(C)C)c3nc(-c4ccccc4NC(=O)C4CC4)c(Cl)cc23)CC1C. The molecule has 0 radical (unpaired) electrons. The predicted molar refractivity (Wildman–Crippen MR) is 182 cm³/mol. The lowest BCUT2D eigenvalue weighted by molar-refractivity contribution is -0.128. The van der Waals surface area contributed by atoms with Crippen LogP contribution in [0.2, 0.25) is 5.02 Å². The molecule has 2 amide bonds. The van der Waals surface area contributed by atoms with Crippen LogP contribution in [0.15, 0.2) is 60.0 Å². The Morgan fingerprint density at radius 2 is 1.83 bits per heavy atom. The molecule has 1 aliphatic heterocycles. The smallest absolute Gasteiger partial charge is 0.349 e. The van der Waals surface area contributed by atoms with Crippen LogP contribution in [0.25, 0.3) is 28.0 Å². The van der Waals surface area contributed by atoms with Crippen molar-refractivity contribution in [3.8, 4) is 16.9 Å². The molecule has 1 saturated heterocycles. The maximum atomic E-state index is 14.2. The zero-order valence-corrected chi connectivity index (χ0v) is 27.5. The lowest BCUT2D eigenvalue weighted by atomic mass is 10.0. The summed E-state index contributed by atoms with van der Waals surface area (Å²) < 4.78 is 1.54. The first-order chi connectivity index (χ1) is 22.0. The summed E-state index contributed by atoms with van der Waals surface area (Å²) in [4.78, 5) is 57.9. The van der Waals surface area contributed by atoms with Gasteiger partial charge in [0.2, 0.25) is 11.8 Å². The number of rotatable bonds is 7. The number of anilines is 2. The average Bonchev–Trinajstić information content (AvgIpc) is 3.88. The van der Waals surface area contributed by atoms with E-state index in [1.54, 1.807) is 17.2 Å². The van der Waals surface area contributed by atoms with Gasteiger partial charge in [-0.15, -0.1) is 0 Å². The lowest BCUT2D eigenvalue weighted by Gasteiger charge is -2.44. The number of carbonyl (C=O) groups excluding carboxylic acids is 2. The van der Waals surface area contributed by atoms with E-state index in [1.165, 1.54) is 10.6 Å². The van der Waals surface area contributed by atoms with Crippen molar-refractivity contribution in [1.29, 1.82) is 0 Å². The number of aromatic nitrogens is 4. The van der Waals surface area contributed by atoms with Crippen molar-refractivity contribution in [3.05, 3.63) is 82.0 Å². The van der Waals surface area contributed by atoms with Gasteiger partial charge < -0.3 is 15.1 Å². The molecule has 11 heteroatoms. The fourth-order valence-electron chi connectivity index (χ4n) is 6.22. The minimum absolute atomic E-state index is 0.0120. The first-order valence-corrected chi connectivity index (χ1v) is 16.1. The van der Waals surface area contributed by atoms with Crippen LogP contribution in [0.5, 0.6) is 0 Å². The molecular formula is C35H38ClN7O3. The number of amides is 2. The van der Waals surface area contributed by atoms with Gasteiger partial charge in [0, 0.05) is 42.9 Å². The van der Waals surface area contributed by atoms with E-state index in [0.29, 0.717) is 57.6 Å². The number of nitrogens with zero attached hydrogens (tertiary/aromatic N) is 6. The van der Waals surface area contributed by atoms with Gasteiger partial charge in [-0.2, -0.15) is 4.98 Å². The maximum Gasteiger partial charge on any atom is 0.355 e. The normalized spacial score (nSPS) is 18.2. The highest BCUT2D eigenvalue weighted by atomic mass is 35.5. The summed E-state index contributed by atoms with van der Waals surface area (Å²) in [6, 6.07) is 10.8. The van der Waals surface area contributed by atoms with E-state index in [9.17, 15) is 14.4 Å². The monoisotopic (exact) mass is 639 g/mol. The summed E-state index contributed by atoms with van der Waals surface area (Å²) in [5, 5.41) is 3.99. The first kappa shape index (κ1) is 31.4. The third kappa shape index (κ3) is 5.66. The van der Waals surface area contributed by atoms with Crippen molar-refractivity contribution >= 4 is 46.0 Å². The second-order valence-corrected chi connectivity index (χ2v) is 13.0. The van der Waals surface area contributed by atoms with E-state index in [0.717, 1.165) is 24.1 Å². The molecule has 4 aromatic rings. The highest BCUT2D eigenvalue weighted by Gasteiger charge is 2.34. The standard InChI is InChI=1S/C35H38ClN7O3/c1-7-28(44)41-17-22(6)42(18-21(41)5)32-25-16-26(36)30(24-10-8-9-11-27(24)38-34(45)23-12-13-23)39-33(25)43(35(46)40-32)31-20(4)14-15-37-29(31)19(2)3/h7-11,14-16,19,21-23H,1,12-13,17-18H2,2-6H3,(H,38,45). The van der Waals surface area contributed by atoms with Gasteiger partial charge in [0.15, 0.2) is 5.65 Å². The van der Waals surface area contributed by atoms with Crippen LogP contribution in [0.1, 0.15) is 57.7 Å². The molecule has 10 nitrogen and oxygen atoms in total. The summed E-state index contributed by atoms with van der Waals surface area (Å²) in [7, 11) is 0. The maximum absolute atomic E-state index is 14.2. The highest BCUT2D eigenvalue weighted by Crippen LogP contribution is 2.39. The Kier molecular flexibility index (Phi) is 8.41. The van der Waals surface area contributed by atoms with Gasteiger partial charge in [-0.25, -0.2) is 14.3 Å². The average molecular weight is 640 g/mol. The number of aryl methyl sites for hydroxylation is 1. The molecule has 4 heterocycles. The van der Waals surface area contributed by atoms with Crippen molar-refractivity contribution in [3.63, 3.8) is 0 Å². The molecule has 0 bridgehead atoms. The molecule has 0 spiro atoms. The van der Waals surface area contributed by atoms with Gasteiger partial charge in [-0.3, -0.25) is 14.6 Å². The highest BCUT2D eigenvalue weighted by molar-refractivity contribution is 6.34. The number of benzene rings is 1. The Hall–Kier alpha value is -4.57. The third-order valence-corrected chi connectivity index (χ3v) is 9.12. The van der Waals surface area contributed by atoms with Gasteiger partial charge in [0.05, 0.1) is 33.2 Å². The number of hydrogen-bond acceptors (Lipinski definition) is 7. The molecule has 1 N–H and O–H groups in total. The van der Waals surface area contributed by atoms with Crippen molar-refractivity contribution in [2.75, 3.05) is 23.3 Å². The summed E-state index contributed by atoms with van der Waals surface area (Å²) in [5.74, 6) is 0.310. The quantitative estimate of drug-likeness (QED) is 0.251. The summed E-state index contributed by atoms with van der Waals surface area (Å²) in [6.07, 6.45) is 4.82. The number of hydrogen-bond donors (Lipinski definition) is 1.